The van der Waals surface area contributed by atoms with Gasteiger partial charge in [-0.05, 0) is 44.5 Å². The first-order valence-electron chi connectivity index (χ1n) is 7.49. The van der Waals surface area contributed by atoms with Gasteiger partial charge >= 0.3 is 0 Å². The third kappa shape index (κ3) is 4.11. The number of ether oxygens (including phenoxy) is 1. The molecule has 1 aromatic rings. The highest BCUT2D eigenvalue weighted by atomic mass is 35.5. The summed E-state index contributed by atoms with van der Waals surface area (Å²) in [4.78, 5) is 2.32. The smallest absolute Gasteiger partial charge is 0.0726 e. The molecule has 1 aromatic carbocycles. The Labute approximate surface area is 127 Å². The lowest BCUT2D eigenvalue weighted by Crippen LogP contribution is -2.45. The standard InChI is InChI=1S/C16H25ClN2O/c1-4-7-18-9-14-5-6-16(15(17)8-14)19-10-12(2)20-13(3)11-19/h5-6,8,12-13,18H,4,7,9-11H2,1-3H3/t12-,13+. The summed E-state index contributed by atoms with van der Waals surface area (Å²) in [5.41, 5.74) is 2.36. The molecular formula is C16H25ClN2O. The van der Waals surface area contributed by atoms with E-state index in [9.17, 15) is 0 Å². The Morgan fingerprint density at radius 2 is 2.00 bits per heavy atom. The van der Waals surface area contributed by atoms with Crippen molar-refractivity contribution in [2.24, 2.45) is 0 Å². The number of halogens is 1. The average Bonchev–Trinajstić information content (AvgIpc) is 2.38. The quantitative estimate of drug-likeness (QED) is 0.842. The van der Waals surface area contributed by atoms with Crippen molar-refractivity contribution >= 4 is 17.3 Å². The van der Waals surface area contributed by atoms with E-state index in [-0.39, 0.29) is 12.2 Å². The van der Waals surface area contributed by atoms with E-state index in [1.54, 1.807) is 0 Å². The van der Waals surface area contributed by atoms with E-state index in [0.717, 1.165) is 43.3 Å². The molecule has 0 aliphatic carbocycles. The number of benzene rings is 1. The van der Waals surface area contributed by atoms with E-state index in [0.29, 0.717) is 0 Å². The van der Waals surface area contributed by atoms with Crippen LogP contribution in [-0.4, -0.2) is 31.8 Å². The first-order valence-corrected chi connectivity index (χ1v) is 7.87. The molecule has 20 heavy (non-hydrogen) atoms. The van der Waals surface area contributed by atoms with E-state index in [1.807, 2.05) is 0 Å². The van der Waals surface area contributed by atoms with Crippen molar-refractivity contribution in [2.75, 3.05) is 24.5 Å². The molecule has 1 fully saturated rings. The fraction of sp³-hybridized carbons (Fsp3) is 0.625. The van der Waals surface area contributed by atoms with Crippen LogP contribution < -0.4 is 10.2 Å². The largest absolute Gasteiger partial charge is 0.372 e. The fourth-order valence-electron chi connectivity index (χ4n) is 2.70. The van der Waals surface area contributed by atoms with Crippen molar-refractivity contribution in [1.82, 2.24) is 5.32 Å². The van der Waals surface area contributed by atoms with Crippen molar-refractivity contribution in [1.29, 1.82) is 0 Å². The molecule has 4 heteroatoms. The highest BCUT2D eigenvalue weighted by molar-refractivity contribution is 6.33. The summed E-state index contributed by atoms with van der Waals surface area (Å²) < 4.78 is 5.77. The minimum Gasteiger partial charge on any atom is -0.372 e. The highest BCUT2D eigenvalue weighted by Crippen LogP contribution is 2.29. The number of hydrogen-bond acceptors (Lipinski definition) is 3. The lowest BCUT2D eigenvalue weighted by Gasteiger charge is -2.37. The molecule has 0 spiro atoms. The second-order valence-corrected chi connectivity index (χ2v) is 6.03. The SMILES string of the molecule is CCCNCc1ccc(N2C[C@@H](C)O[C@@H](C)C2)c(Cl)c1. The lowest BCUT2D eigenvalue weighted by atomic mass is 10.1. The van der Waals surface area contributed by atoms with Gasteiger partial charge in [-0.1, -0.05) is 24.6 Å². The molecule has 1 saturated heterocycles. The molecule has 1 aliphatic rings. The molecule has 1 heterocycles. The van der Waals surface area contributed by atoms with E-state index in [4.69, 9.17) is 16.3 Å². The number of morpholine rings is 1. The number of anilines is 1. The minimum atomic E-state index is 0.251. The Morgan fingerprint density at radius 1 is 1.30 bits per heavy atom. The number of nitrogens with one attached hydrogen (secondary N) is 1. The topological polar surface area (TPSA) is 24.5 Å². The molecular weight excluding hydrogens is 272 g/mol. The molecule has 0 amide bonds. The van der Waals surface area contributed by atoms with Gasteiger partial charge in [-0.2, -0.15) is 0 Å². The second-order valence-electron chi connectivity index (χ2n) is 5.62. The zero-order valence-electron chi connectivity index (χ0n) is 12.7. The van der Waals surface area contributed by atoms with E-state index >= 15 is 0 Å². The minimum absolute atomic E-state index is 0.251. The Hall–Kier alpha value is -0.770. The van der Waals surface area contributed by atoms with E-state index < -0.39 is 0 Å². The second kappa shape index (κ2) is 7.30. The number of hydrogen-bond donors (Lipinski definition) is 1. The van der Waals surface area contributed by atoms with Gasteiger partial charge in [0, 0.05) is 19.6 Å². The van der Waals surface area contributed by atoms with Crippen molar-refractivity contribution in [3.8, 4) is 0 Å². The third-order valence-corrected chi connectivity index (χ3v) is 3.83. The zero-order valence-corrected chi connectivity index (χ0v) is 13.4. The maximum atomic E-state index is 6.46. The Balaban J connectivity index is 2.05. The highest BCUT2D eigenvalue weighted by Gasteiger charge is 2.23. The van der Waals surface area contributed by atoms with Crippen LogP contribution in [0.4, 0.5) is 5.69 Å². The first kappa shape index (κ1) is 15.6. The molecule has 1 aliphatic heterocycles. The van der Waals surface area contributed by atoms with Crippen LogP contribution in [0.25, 0.3) is 0 Å². The molecule has 0 unspecified atom stereocenters. The Morgan fingerprint density at radius 3 is 2.60 bits per heavy atom. The normalized spacial score (nSPS) is 23.1. The Bertz CT molecular complexity index is 428. The monoisotopic (exact) mass is 296 g/mol. The maximum absolute atomic E-state index is 6.46. The summed E-state index contributed by atoms with van der Waals surface area (Å²) >= 11 is 6.46. The third-order valence-electron chi connectivity index (χ3n) is 3.53. The summed E-state index contributed by atoms with van der Waals surface area (Å²) in [6, 6.07) is 6.37. The number of nitrogens with zero attached hydrogens (tertiary/aromatic N) is 1. The summed E-state index contributed by atoms with van der Waals surface area (Å²) in [6.07, 6.45) is 1.65. The van der Waals surface area contributed by atoms with E-state index in [1.165, 1.54) is 5.56 Å². The molecule has 1 N–H and O–H groups in total. The van der Waals surface area contributed by atoms with Crippen LogP contribution in [0.1, 0.15) is 32.8 Å². The predicted molar refractivity (Wildman–Crippen MR) is 85.7 cm³/mol. The van der Waals surface area contributed by atoms with Crippen LogP contribution in [0.2, 0.25) is 5.02 Å². The van der Waals surface area contributed by atoms with Gasteiger partial charge in [-0.3, -0.25) is 0 Å². The van der Waals surface area contributed by atoms with Crippen LogP contribution >= 0.6 is 11.6 Å². The van der Waals surface area contributed by atoms with Crippen molar-refractivity contribution in [3.63, 3.8) is 0 Å². The molecule has 0 aromatic heterocycles. The van der Waals surface area contributed by atoms with Crippen LogP contribution in [0, 0.1) is 0 Å². The van der Waals surface area contributed by atoms with Crippen molar-refractivity contribution < 1.29 is 4.74 Å². The fourth-order valence-corrected chi connectivity index (χ4v) is 3.02. The van der Waals surface area contributed by atoms with Gasteiger partial charge in [0.25, 0.3) is 0 Å². The van der Waals surface area contributed by atoms with Gasteiger partial charge in [-0.25, -0.2) is 0 Å². The van der Waals surface area contributed by atoms with Crippen LogP contribution in [0.15, 0.2) is 18.2 Å². The summed E-state index contributed by atoms with van der Waals surface area (Å²) in [5.74, 6) is 0. The van der Waals surface area contributed by atoms with Gasteiger partial charge in [0.2, 0.25) is 0 Å². The predicted octanol–water partition coefficient (Wildman–Crippen LogP) is 3.45. The molecule has 0 bridgehead atoms. The van der Waals surface area contributed by atoms with Gasteiger partial charge < -0.3 is 15.0 Å². The molecule has 112 valence electrons. The van der Waals surface area contributed by atoms with E-state index in [2.05, 4.69) is 49.2 Å². The molecule has 2 atom stereocenters. The van der Waals surface area contributed by atoms with Crippen molar-refractivity contribution in [3.05, 3.63) is 28.8 Å². The zero-order chi connectivity index (χ0) is 14.5. The summed E-state index contributed by atoms with van der Waals surface area (Å²) in [6.45, 7) is 10.1. The Kier molecular flexibility index (Phi) is 5.70. The van der Waals surface area contributed by atoms with Crippen LogP contribution in [0.3, 0.4) is 0 Å². The maximum Gasteiger partial charge on any atom is 0.0726 e. The molecule has 0 saturated carbocycles. The van der Waals surface area contributed by atoms with Crippen molar-refractivity contribution in [2.45, 2.75) is 45.9 Å². The van der Waals surface area contributed by atoms with Crippen LogP contribution in [-0.2, 0) is 11.3 Å². The van der Waals surface area contributed by atoms with Crippen LogP contribution in [0.5, 0.6) is 0 Å². The average molecular weight is 297 g/mol. The number of rotatable bonds is 5. The molecule has 3 nitrogen and oxygen atoms in total. The van der Waals surface area contributed by atoms with Gasteiger partial charge in [-0.15, -0.1) is 0 Å². The first-order chi connectivity index (χ1) is 9.60. The molecule has 2 rings (SSSR count). The lowest BCUT2D eigenvalue weighted by molar-refractivity contribution is -0.00520. The summed E-state index contributed by atoms with van der Waals surface area (Å²) in [7, 11) is 0. The van der Waals surface area contributed by atoms with Gasteiger partial charge in [0.05, 0.1) is 22.9 Å². The van der Waals surface area contributed by atoms with Gasteiger partial charge in [0.1, 0.15) is 0 Å². The molecule has 0 radical (unpaired) electrons. The summed E-state index contributed by atoms with van der Waals surface area (Å²) in [5, 5.41) is 4.23. The van der Waals surface area contributed by atoms with Gasteiger partial charge in [0.15, 0.2) is 0 Å².